The number of hydrogen-bond donors (Lipinski definition) is 3. The highest BCUT2D eigenvalue weighted by Gasteiger charge is 2.29. The van der Waals surface area contributed by atoms with Gasteiger partial charge in [0.1, 0.15) is 0 Å². The van der Waals surface area contributed by atoms with Crippen molar-refractivity contribution in [3.8, 4) is 0 Å². The highest BCUT2D eigenvalue weighted by molar-refractivity contribution is 7.89. The molecular formula is C18H21F3N4O2S. The van der Waals surface area contributed by atoms with Crippen LogP contribution in [0.3, 0.4) is 0 Å². The van der Waals surface area contributed by atoms with Crippen molar-refractivity contribution in [3.63, 3.8) is 0 Å². The fraction of sp³-hybridized carbons (Fsp3) is 0.278. The number of benzene rings is 2. The fourth-order valence-electron chi connectivity index (χ4n) is 2.34. The van der Waals surface area contributed by atoms with Gasteiger partial charge in [-0.2, -0.15) is 13.2 Å². The van der Waals surface area contributed by atoms with Crippen molar-refractivity contribution < 1.29 is 21.6 Å². The summed E-state index contributed by atoms with van der Waals surface area (Å²) in [5.41, 5.74) is 0.696. The van der Waals surface area contributed by atoms with Crippen LogP contribution >= 0.6 is 0 Å². The standard InChI is InChI=1S/C18H21F3N4O2S/c1-22-17(24-11-13-6-8-15(9-7-13)18(19,20)21)25-12-14-4-3-5-16(10-14)28(26,27)23-2/h3-10,23H,11-12H2,1-2H3,(H2,22,24,25). The number of alkyl halides is 3. The molecule has 0 unspecified atom stereocenters. The van der Waals surface area contributed by atoms with Gasteiger partial charge in [-0.05, 0) is 42.4 Å². The van der Waals surface area contributed by atoms with Gasteiger partial charge in [-0.25, -0.2) is 13.1 Å². The molecule has 10 heteroatoms. The highest BCUT2D eigenvalue weighted by Crippen LogP contribution is 2.29. The van der Waals surface area contributed by atoms with E-state index in [0.717, 1.165) is 17.7 Å². The molecule has 28 heavy (non-hydrogen) atoms. The molecule has 2 aromatic rings. The number of hydrogen-bond acceptors (Lipinski definition) is 3. The predicted octanol–water partition coefficient (Wildman–Crippen LogP) is 2.48. The minimum atomic E-state index is -4.36. The molecule has 3 N–H and O–H groups in total. The summed E-state index contributed by atoms with van der Waals surface area (Å²) >= 11 is 0. The Bertz CT molecular complexity index is 927. The van der Waals surface area contributed by atoms with E-state index in [-0.39, 0.29) is 11.4 Å². The molecule has 0 aliphatic heterocycles. The highest BCUT2D eigenvalue weighted by atomic mass is 32.2. The summed E-state index contributed by atoms with van der Waals surface area (Å²) in [6.07, 6.45) is -4.36. The second-order valence-corrected chi connectivity index (χ2v) is 7.72. The Labute approximate surface area is 161 Å². The van der Waals surface area contributed by atoms with Gasteiger partial charge < -0.3 is 10.6 Å². The Balaban J connectivity index is 1.94. The number of nitrogens with zero attached hydrogens (tertiary/aromatic N) is 1. The molecule has 2 aromatic carbocycles. The average molecular weight is 414 g/mol. The first-order chi connectivity index (χ1) is 13.2. The molecule has 0 amide bonds. The summed E-state index contributed by atoms with van der Waals surface area (Å²) in [7, 11) is -0.629. The van der Waals surface area contributed by atoms with E-state index in [1.54, 1.807) is 25.2 Å². The summed E-state index contributed by atoms with van der Waals surface area (Å²) in [5.74, 6) is 0.432. The molecule has 0 aromatic heterocycles. The Morgan fingerprint density at radius 2 is 1.61 bits per heavy atom. The van der Waals surface area contributed by atoms with E-state index in [1.165, 1.54) is 25.2 Å². The number of sulfonamides is 1. The van der Waals surface area contributed by atoms with Crippen LogP contribution in [-0.4, -0.2) is 28.5 Å². The monoisotopic (exact) mass is 414 g/mol. The molecule has 0 bridgehead atoms. The summed E-state index contributed by atoms with van der Waals surface area (Å²) in [4.78, 5) is 4.20. The number of guanidine groups is 1. The first-order valence-corrected chi connectivity index (χ1v) is 9.77. The maximum absolute atomic E-state index is 12.6. The van der Waals surface area contributed by atoms with Crippen LogP contribution < -0.4 is 15.4 Å². The van der Waals surface area contributed by atoms with Crippen LogP contribution in [0, 0.1) is 0 Å². The lowest BCUT2D eigenvalue weighted by atomic mass is 10.1. The summed E-state index contributed by atoms with van der Waals surface area (Å²) in [6.45, 7) is 0.603. The van der Waals surface area contributed by atoms with E-state index in [0.29, 0.717) is 18.1 Å². The Hall–Kier alpha value is -2.59. The van der Waals surface area contributed by atoms with Gasteiger partial charge in [0.2, 0.25) is 10.0 Å². The van der Waals surface area contributed by atoms with Gasteiger partial charge in [0.15, 0.2) is 5.96 Å². The Kier molecular flexibility index (Phi) is 7.03. The van der Waals surface area contributed by atoms with E-state index in [4.69, 9.17) is 0 Å². The summed E-state index contributed by atoms with van der Waals surface area (Å²) in [6, 6.07) is 11.3. The molecule has 0 atom stereocenters. The van der Waals surface area contributed by atoms with Crippen molar-refractivity contribution in [2.75, 3.05) is 14.1 Å². The normalized spacial score (nSPS) is 12.7. The Morgan fingerprint density at radius 1 is 1.00 bits per heavy atom. The van der Waals surface area contributed by atoms with Gasteiger partial charge in [0, 0.05) is 20.1 Å². The van der Waals surface area contributed by atoms with Crippen molar-refractivity contribution in [2.45, 2.75) is 24.2 Å². The summed E-state index contributed by atoms with van der Waals surface area (Å²) in [5, 5.41) is 6.03. The molecule has 0 heterocycles. The van der Waals surface area contributed by atoms with Crippen LogP contribution in [-0.2, 0) is 29.3 Å². The zero-order valence-corrected chi connectivity index (χ0v) is 16.2. The average Bonchev–Trinajstić information content (AvgIpc) is 2.68. The third-order valence-electron chi connectivity index (χ3n) is 3.90. The molecule has 0 aliphatic rings. The van der Waals surface area contributed by atoms with Gasteiger partial charge >= 0.3 is 6.18 Å². The second-order valence-electron chi connectivity index (χ2n) is 5.83. The number of aliphatic imine (C=N–C) groups is 1. The molecule has 0 saturated carbocycles. The largest absolute Gasteiger partial charge is 0.416 e. The van der Waals surface area contributed by atoms with Gasteiger partial charge in [-0.15, -0.1) is 0 Å². The third kappa shape index (κ3) is 5.96. The Morgan fingerprint density at radius 3 is 2.14 bits per heavy atom. The first kappa shape index (κ1) is 21.7. The lowest BCUT2D eigenvalue weighted by molar-refractivity contribution is -0.137. The van der Waals surface area contributed by atoms with Crippen LogP contribution in [0.5, 0.6) is 0 Å². The van der Waals surface area contributed by atoms with Crippen molar-refractivity contribution >= 4 is 16.0 Å². The SMILES string of the molecule is CN=C(NCc1ccc(C(F)(F)F)cc1)NCc1cccc(S(=O)(=O)NC)c1. The molecule has 0 radical (unpaired) electrons. The maximum Gasteiger partial charge on any atom is 0.416 e. The van der Waals surface area contributed by atoms with Crippen LogP contribution in [0.25, 0.3) is 0 Å². The molecule has 2 rings (SSSR count). The topological polar surface area (TPSA) is 82.6 Å². The lowest BCUT2D eigenvalue weighted by Crippen LogP contribution is -2.36. The van der Waals surface area contributed by atoms with Crippen LogP contribution in [0.4, 0.5) is 13.2 Å². The van der Waals surface area contributed by atoms with Crippen molar-refractivity contribution in [2.24, 2.45) is 4.99 Å². The second kappa shape index (κ2) is 9.07. The van der Waals surface area contributed by atoms with E-state index in [1.807, 2.05) is 0 Å². The van der Waals surface area contributed by atoms with Crippen LogP contribution in [0.15, 0.2) is 58.4 Å². The minimum Gasteiger partial charge on any atom is -0.352 e. The number of rotatable bonds is 6. The van der Waals surface area contributed by atoms with E-state index < -0.39 is 21.8 Å². The smallest absolute Gasteiger partial charge is 0.352 e. The minimum absolute atomic E-state index is 0.155. The van der Waals surface area contributed by atoms with E-state index in [9.17, 15) is 21.6 Å². The fourth-order valence-corrected chi connectivity index (χ4v) is 3.14. The molecule has 0 aliphatic carbocycles. The zero-order valence-electron chi connectivity index (χ0n) is 15.3. The molecule has 0 fully saturated rings. The van der Waals surface area contributed by atoms with Crippen LogP contribution in [0.2, 0.25) is 0 Å². The zero-order chi connectivity index (χ0) is 20.8. The van der Waals surface area contributed by atoms with E-state index in [2.05, 4.69) is 20.3 Å². The maximum atomic E-state index is 12.6. The number of nitrogens with one attached hydrogen (secondary N) is 3. The lowest BCUT2D eigenvalue weighted by Gasteiger charge is -2.13. The van der Waals surface area contributed by atoms with Gasteiger partial charge in [0.25, 0.3) is 0 Å². The molecule has 152 valence electrons. The van der Waals surface area contributed by atoms with Crippen molar-refractivity contribution in [3.05, 3.63) is 65.2 Å². The number of halogens is 3. The predicted molar refractivity (Wildman–Crippen MR) is 101 cm³/mol. The van der Waals surface area contributed by atoms with Gasteiger partial charge in [-0.1, -0.05) is 24.3 Å². The summed E-state index contributed by atoms with van der Waals surface area (Å²) < 4.78 is 63.7. The third-order valence-corrected chi connectivity index (χ3v) is 5.31. The molecule has 6 nitrogen and oxygen atoms in total. The van der Waals surface area contributed by atoms with Gasteiger partial charge in [0.05, 0.1) is 10.5 Å². The van der Waals surface area contributed by atoms with Crippen molar-refractivity contribution in [1.82, 2.24) is 15.4 Å². The molecule has 0 saturated heterocycles. The van der Waals surface area contributed by atoms with Gasteiger partial charge in [-0.3, -0.25) is 4.99 Å². The first-order valence-electron chi connectivity index (χ1n) is 8.29. The molecule has 0 spiro atoms. The van der Waals surface area contributed by atoms with Crippen LogP contribution in [0.1, 0.15) is 16.7 Å². The molecular weight excluding hydrogens is 393 g/mol. The van der Waals surface area contributed by atoms with E-state index >= 15 is 0 Å². The van der Waals surface area contributed by atoms with Crippen molar-refractivity contribution in [1.29, 1.82) is 0 Å². The quantitative estimate of drug-likeness (QED) is 0.501.